The summed E-state index contributed by atoms with van der Waals surface area (Å²) in [6, 6.07) is 14.4. The van der Waals surface area contributed by atoms with Crippen LogP contribution in [0.5, 0.6) is 5.75 Å². The van der Waals surface area contributed by atoms with E-state index in [-0.39, 0.29) is 5.91 Å². The predicted octanol–water partition coefficient (Wildman–Crippen LogP) is 3.98. The van der Waals surface area contributed by atoms with Crippen molar-refractivity contribution in [2.45, 2.75) is 52.8 Å². The van der Waals surface area contributed by atoms with Crippen molar-refractivity contribution in [2.75, 3.05) is 13.1 Å². The molecule has 1 N–H and O–H groups in total. The van der Waals surface area contributed by atoms with Gasteiger partial charge in [0.25, 0.3) is 5.91 Å². The van der Waals surface area contributed by atoms with Crippen molar-refractivity contribution >= 4 is 5.91 Å². The number of carbonyl (C=O) groups excluding carboxylic acids is 1. The highest BCUT2D eigenvalue weighted by Crippen LogP contribution is 2.21. The van der Waals surface area contributed by atoms with Gasteiger partial charge in [-0.25, -0.2) is 0 Å². The van der Waals surface area contributed by atoms with E-state index < -0.39 is 6.10 Å². The number of likely N-dealkylation sites (tertiary alicyclic amines) is 1. The minimum absolute atomic E-state index is 0.0964. The van der Waals surface area contributed by atoms with E-state index in [0.29, 0.717) is 6.54 Å². The van der Waals surface area contributed by atoms with Gasteiger partial charge in [-0.05, 0) is 75.0 Å². The van der Waals surface area contributed by atoms with Crippen LogP contribution in [0.15, 0.2) is 42.5 Å². The number of ether oxygens (including phenoxy) is 1. The Balaban J connectivity index is 1.53. The Labute approximate surface area is 162 Å². The van der Waals surface area contributed by atoms with E-state index in [1.54, 1.807) is 6.92 Å². The maximum Gasteiger partial charge on any atom is 0.261 e. The lowest BCUT2D eigenvalue weighted by atomic mass is 10.1. The van der Waals surface area contributed by atoms with E-state index in [1.165, 1.54) is 31.5 Å². The molecule has 0 spiro atoms. The maximum atomic E-state index is 12.4. The summed E-state index contributed by atoms with van der Waals surface area (Å²) in [7, 11) is 0. The highest BCUT2D eigenvalue weighted by Gasteiger charge is 2.16. The van der Waals surface area contributed by atoms with Crippen LogP contribution in [0.25, 0.3) is 0 Å². The summed E-state index contributed by atoms with van der Waals surface area (Å²) in [5.74, 6) is 0.672. The standard InChI is InChI=1S/C23H30N2O2/c1-17-8-6-11-22(18(17)2)27-19(3)23(26)24-15-20-9-7-10-21(14-20)16-25-12-4-5-13-25/h6-11,14,19H,4-5,12-13,15-16H2,1-3H3,(H,24,26)/t19-/m0/s1. The minimum Gasteiger partial charge on any atom is -0.481 e. The zero-order valence-electron chi connectivity index (χ0n) is 16.6. The van der Waals surface area contributed by atoms with Crippen molar-refractivity contribution in [3.63, 3.8) is 0 Å². The van der Waals surface area contributed by atoms with E-state index in [0.717, 1.165) is 29.0 Å². The van der Waals surface area contributed by atoms with Crippen molar-refractivity contribution in [3.05, 3.63) is 64.7 Å². The molecule has 1 saturated heterocycles. The van der Waals surface area contributed by atoms with Gasteiger partial charge in [-0.2, -0.15) is 0 Å². The molecule has 2 aromatic rings. The van der Waals surface area contributed by atoms with Gasteiger partial charge in [0.2, 0.25) is 0 Å². The molecule has 1 fully saturated rings. The Morgan fingerprint density at radius 1 is 1.11 bits per heavy atom. The molecule has 0 bridgehead atoms. The molecule has 27 heavy (non-hydrogen) atoms. The first-order valence-corrected chi connectivity index (χ1v) is 9.83. The third kappa shape index (κ3) is 5.33. The largest absolute Gasteiger partial charge is 0.481 e. The lowest BCUT2D eigenvalue weighted by Crippen LogP contribution is -2.36. The van der Waals surface area contributed by atoms with E-state index in [9.17, 15) is 4.79 Å². The Hall–Kier alpha value is -2.33. The fourth-order valence-electron chi connectivity index (χ4n) is 3.47. The van der Waals surface area contributed by atoms with E-state index in [1.807, 2.05) is 32.0 Å². The number of benzene rings is 2. The monoisotopic (exact) mass is 366 g/mol. The molecule has 4 nitrogen and oxygen atoms in total. The van der Waals surface area contributed by atoms with Gasteiger partial charge in [0.15, 0.2) is 6.10 Å². The maximum absolute atomic E-state index is 12.4. The van der Waals surface area contributed by atoms with Crippen molar-refractivity contribution in [1.29, 1.82) is 0 Å². The lowest BCUT2D eigenvalue weighted by Gasteiger charge is -2.18. The molecule has 1 amide bonds. The Morgan fingerprint density at radius 2 is 1.81 bits per heavy atom. The molecule has 0 unspecified atom stereocenters. The van der Waals surface area contributed by atoms with Gasteiger partial charge >= 0.3 is 0 Å². The SMILES string of the molecule is Cc1cccc(O[C@@H](C)C(=O)NCc2cccc(CN3CCCC3)c2)c1C. The quantitative estimate of drug-likeness (QED) is 0.806. The van der Waals surface area contributed by atoms with Crippen molar-refractivity contribution in [3.8, 4) is 5.75 Å². The van der Waals surface area contributed by atoms with Crippen LogP contribution in [0.4, 0.5) is 0 Å². The van der Waals surface area contributed by atoms with Gasteiger partial charge in [0.05, 0.1) is 0 Å². The third-order valence-corrected chi connectivity index (χ3v) is 5.29. The van der Waals surface area contributed by atoms with Gasteiger partial charge in [0, 0.05) is 13.1 Å². The molecule has 3 rings (SSSR count). The third-order valence-electron chi connectivity index (χ3n) is 5.29. The molecule has 0 saturated carbocycles. The van der Waals surface area contributed by atoms with Gasteiger partial charge in [-0.1, -0.05) is 36.4 Å². The minimum atomic E-state index is -0.529. The van der Waals surface area contributed by atoms with Crippen molar-refractivity contribution < 1.29 is 9.53 Å². The molecule has 1 aliphatic heterocycles. The molecule has 2 aromatic carbocycles. The Morgan fingerprint density at radius 3 is 2.59 bits per heavy atom. The van der Waals surface area contributed by atoms with Crippen molar-refractivity contribution in [2.24, 2.45) is 0 Å². The molecule has 0 radical (unpaired) electrons. The fraction of sp³-hybridized carbons (Fsp3) is 0.435. The van der Waals surface area contributed by atoms with Crippen LogP contribution in [0.2, 0.25) is 0 Å². The summed E-state index contributed by atoms with van der Waals surface area (Å²) in [6.45, 7) is 9.74. The second-order valence-electron chi connectivity index (χ2n) is 7.48. The van der Waals surface area contributed by atoms with Gasteiger partial charge < -0.3 is 10.1 Å². The van der Waals surface area contributed by atoms with Gasteiger partial charge in [-0.15, -0.1) is 0 Å². The number of nitrogens with zero attached hydrogens (tertiary/aromatic N) is 1. The first-order chi connectivity index (χ1) is 13.0. The second-order valence-corrected chi connectivity index (χ2v) is 7.48. The fourth-order valence-corrected chi connectivity index (χ4v) is 3.47. The molecule has 1 heterocycles. The number of rotatable bonds is 7. The summed E-state index contributed by atoms with van der Waals surface area (Å²) in [5, 5.41) is 3.00. The summed E-state index contributed by atoms with van der Waals surface area (Å²) in [6.07, 6.45) is 2.07. The zero-order valence-corrected chi connectivity index (χ0v) is 16.6. The number of carbonyl (C=O) groups is 1. The zero-order chi connectivity index (χ0) is 19.2. The highest BCUT2D eigenvalue weighted by molar-refractivity contribution is 5.80. The van der Waals surface area contributed by atoms with Crippen LogP contribution in [0, 0.1) is 13.8 Å². The average molecular weight is 367 g/mol. The van der Waals surface area contributed by atoms with Crippen LogP contribution in [0.1, 0.15) is 42.0 Å². The summed E-state index contributed by atoms with van der Waals surface area (Å²) in [4.78, 5) is 14.9. The van der Waals surface area contributed by atoms with E-state index in [4.69, 9.17) is 4.74 Å². The topological polar surface area (TPSA) is 41.6 Å². The summed E-state index contributed by atoms with van der Waals surface area (Å²) >= 11 is 0. The molecule has 1 aliphatic rings. The molecule has 144 valence electrons. The molecule has 1 atom stereocenters. The average Bonchev–Trinajstić information content (AvgIpc) is 3.16. The molecule has 4 heteroatoms. The van der Waals surface area contributed by atoms with Crippen LogP contribution in [0.3, 0.4) is 0 Å². The molecule has 0 aromatic heterocycles. The summed E-state index contributed by atoms with van der Waals surface area (Å²) in [5.41, 5.74) is 4.67. The van der Waals surface area contributed by atoms with Gasteiger partial charge in [0.1, 0.15) is 5.75 Å². The number of hydrogen-bond donors (Lipinski definition) is 1. The van der Waals surface area contributed by atoms with Crippen molar-refractivity contribution in [1.82, 2.24) is 10.2 Å². The number of hydrogen-bond acceptors (Lipinski definition) is 3. The predicted molar refractivity (Wildman–Crippen MR) is 109 cm³/mol. The lowest BCUT2D eigenvalue weighted by molar-refractivity contribution is -0.127. The second kappa shape index (κ2) is 9.05. The smallest absolute Gasteiger partial charge is 0.261 e. The molecule has 0 aliphatic carbocycles. The first-order valence-electron chi connectivity index (χ1n) is 9.83. The van der Waals surface area contributed by atoms with Crippen LogP contribution in [-0.4, -0.2) is 30.0 Å². The van der Waals surface area contributed by atoms with Crippen LogP contribution < -0.4 is 10.1 Å². The number of aryl methyl sites for hydroxylation is 1. The first kappa shape index (κ1) is 19.4. The normalized spacial score (nSPS) is 15.5. The molecular formula is C23H30N2O2. The van der Waals surface area contributed by atoms with Crippen LogP contribution in [-0.2, 0) is 17.9 Å². The highest BCUT2D eigenvalue weighted by atomic mass is 16.5. The van der Waals surface area contributed by atoms with Gasteiger partial charge in [-0.3, -0.25) is 9.69 Å². The Bertz CT molecular complexity index is 782. The number of nitrogens with one attached hydrogen (secondary N) is 1. The van der Waals surface area contributed by atoms with Crippen LogP contribution >= 0.6 is 0 Å². The van der Waals surface area contributed by atoms with E-state index in [2.05, 4.69) is 34.5 Å². The Kier molecular flexibility index (Phi) is 6.51. The number of amides is 1. The van der Waals surface area contributed by atoms with E-state index >= 15 is 0 Å². The summed E-state index contributed by atoms with van der Waals surface area (Å²) < 4.78 is 5.87. The molecular weight excluding hydrogens is 336 g/mol.